The number of hydrogen-bond donors (Lipinski definition) is 0. The first kappa shape index (κ1) is 15.9. The van der Waals surface area contributed by atoms with Gasteiger partial charge in [0.1, 0.15) is 12.4 Å². The van der Waals surface area contributed by atoms with Crippen molar-refractivity contribution >= 4 is 5.69 Å². The molecular formula is C21H26NO. The quantitative estimate of drug-likeness (QED) is 0.690. The van der Waals surface area contributed by atoms with E-state index < -0.39 is 0 Å². The summed E-state index contributed by atoms with van der Waals surface area (Å²) >= 11 is 0. The van der Waals surface area contributed by atoms with Gasteiger partial charge >= 0.3 is 0 Å². The molecule has 1 saturated heterocycles. The first-order valence-corrected chi connectivity index (χ1v) is 8.75. The fraction of sp³-hybridized carbons (Fsp3) is 0.381. The summed E-state index contributed by atoms with van der Waals surface area (Å²) in [7, 11) is 0. The smallest absolute Gasteiger partial charge is 0.121 e. The van der Waals surface area contributed by atoms with Crippen LogP contribution in [0.25, 0.3) is 0 Å². The molecule has 0 N–H and O–H groups in total. The maximum atomic E-state index is 5.98. The van der Waals surface area contributed by atoms with Gasteiger partial charge in [0.25, 0.3) is 0 Å². The molecule has 2 nitrogen and oxygen atoms in total. The van der Waals surface area contributed by atoms with Gasteiger partial charge in [0.15, 0.2) is 0 Å². The van der Waals surface area contributed by atoms with Crippen LogP contribution in [0.1, 0.15) is 44.6 Å². The summed E-state index contributed by atoms with van der Waals surface area (Å²) in [5, 5.41) is 0. The zero-order chi connectivity index (χ0) is 15.9. The summed E-state index contributed by atoms with van der Waals surface area (Å²) in [5.74, 6) is 0.945. The van der Waals surface area contributed by atoms with E-state index in [1.54, 1.807) is 0 Å². The molecule has 1 aliphatic heterocycles. The Morgan fingerprint density at radius 1 is 1.09 bits per heavy atom. The third-order valence-electron chi connectivity index (χ3n) is 4.45. The Balaban J connectivity index is 1.68. The van der Waals surface area contributed by atoms with Crippen molar-refractivity contribution in [2.24, 2.45) is 0 Å². The molecule has 0 aromatic heterocycles. The van der Waals surface area contributed by atoms with E-state index in [1.807, 2.05) is 24.3 Å². The lowest BCUT2D eigenvalue weighted by Gasteiger charge is -2.37. The highest BCUT2D eigenvalue weighted by Crippen LogP contribution is 2.31. The monoisotopic (exact) mass is 308 g/mol. The number of benzene rings is 2. The van der Waals surface area contributed by atoms with Gasteiger partial charge in [-0.3, -0.25) is 0 Å². The largest absolute Gasteiger partial charge is 0.489 e. The Morgan fingerprint density at radius 3 is 2.78 bits per heavy atom. The van der Waals surface area contributed by atoms with E-state index >= 15 is 0 Å². The van der Waals surface area contributed by atoms with Crippen molar-refractivity contribution in [1.29, 1.82) is 0 Å². The highest BCUT2D eigenvalue weighted by Gasteiger charge is 2.22. The number of piperidine rings is 1. The van der Waals surface area contributed by atoms with Crippen LogP contribution in [0.4, 0.5) is 5.69 Å². The van der Waals surface area contributed by atoms with Gasteiger partial charge in [-0.25, -0.2) is 0 Å². The molecule has 0 amide bonds. The SMILES string of the molecule is CCC[C@H]1CCC[CH]N1c1cccc(OCc2ccccc2)c1. The lowest BCUT2D eigenvalue weighted by molar-refractivity contribution is 0.306. The molecule has 121 valence electrons. The van der Waals surface area contributed by atoms with Crippen molar-refractivity contribution in [2.45, 2.75) is 51.7 Å². The fourth-order valence-corrected chi connectivity index (χ4v) is 3.28. The molecule has 1 atom stereocenters. The molecule has 2 aromatic rings. The third kappa shape index (κ3) is 4.28. The minimum atomic E-state index is 0.617. The summed E-state index contributed by atoms with van der Waals surface area (Å²) in [6.07, 6.45) is 6.27. The Morgan fingerprint density at radius 2 is 1.96 bits per heavy atom. The second kappa shape index (κ2) is 8.05. The van der Waals surface area contributed by atoms with Gasteiger partial charge in [0.2, 0.25) is 0 Å². The lowest BCUT2D eigenvalue weighted by atomic mass is 9.97. The van der Waals surface area contributed by atoms with Gasteiger partial charge in [-0.2, -0.15) is 0 Å². The molecule has 0 unspecified atom stereocenters. The summed E-state index contributed by atoms with van der Waals surface area (Å²) in [6.45, 7) is 5.25. The van der Waals surface area contributed by atoms with Gasteiger partial charge in [-0.1, -0.05) is 49.7 Å². The lowest BCUT2D eigenvalue weighted by Crippen LogP contribution is -2.36. The molecule has 3 rings (SSSR count). The van der Waals surface area contributed by atoms with Crippen LogP contribution in [0.5, 0.6) is 5.75 Å². The number of ether oxygens (including phenoxy) is 1. The van der Waals surface area contributed by atoms with E-state index in [-0.39, 0.29) is 0 Å². The van der Waals surface area contributed by atoms with E-state index in [1.165, 1.54) is 43.4 Å². The van der Waals surface area contributed by atoms with E-state index in [0.717, 1.165) is 5.75 Å². The van der Waals surface area contributed by atoms with Gasteiger partial charge in [0.05, 0.1) is 0 Å². The van der Waals surface area contributed by atoms with Crippen LogP contribution in [0.15, 0.2) is 54.6 Å². The molecule has 0 bridgehead atoms. The Labute approximate surface area is 140 Å². The van der Waals surface area contributed by atoms with E-state index in [0.29, 0.717) is 12.6 Å². The van der Waals surface area contributed by atoms with Gasteiger partial charge in [-0.15, -0.1) is 0 Å². The van der Waals surface area contributed by atoms with E-state index in [9.17, 15) is 0 Å². The maximum absolute atomic E-state index is 5.98. The zero-order valence-electron chi connectivity index (χ0n) is 13.9. The van der Waals surface area contributed by atoms with Crippen LogP contribution in [-0.4, -0.2) is 6.04 Å². The summed E-state index contributed by atoms with van der Waals surface area (Å²) in [4.78, 5) is 2.46. The topological polar surface area (TPSA) is 12.5 Å². The number of hydrogen-bond acceptors (Lipinski definition) is 2. The minimum Gasteiger partial charge on any atom is -0.489 e. The second-order valence-corrected chi connectivity index (χ2v) is 6.23. The predicted octanol–water partition coefficient (Wildman–Crippen LogP) is 5.59. The van der Waals surface area contributed by atoms with Crippen LogP contribution >= 0.6 is 0 Å². The van der Waals surface area contributed by atoms with Gasteiger partial charge in [0, 0.05) is 24.3 Å². The average molecular weight is 308 g/mol. The van der Waals surface area contributed by atoms with Crippen molar-refractivity contribution in [2.75, 3.05) is 4.90 Å². The number of nitrogens with zero attached hydrogens (tertiary/aromatic N) is 1. The summed E-state index contributed by atoms with van der Waals surface area (Å²) in [6, 6.07) is 19.5. The summed E-state index contributed by atoms with van der Waals surface area (Å²) in [5.41, 5.74) is 2.46. The van der Waals surface area contributed by atoms with Crippen LogP contribution < -0.4 is 9.64 Å². The minimum absolute atomic E-state index is 0.617. The number of anilines is 1. The first-order valence-electron chi connectivity index (χ1n) is 8.75. The second-order valence-electron chi connectivity index (χ2n) is 6.23. The Kier molecular flexibility index (Phi) is 5.57. The predicted molar refractivity (Wildman–Crippen MR) is 96.5 cm³/mol. The molecule has 1 aliphatic rings. The highest BCUT2D eigenvalue weighted by atomic mass is 16.5. The van der Waals surface area contributed by atoms with Crippen LogP contribution in [0, 0.1) is 6.54 Å². The fourth-order valence-electron chi connectivity index (χ4n) is 3.28. The average Bonchev–Trinajstić information content (AvgIpc) is 2.62. The molecular weight excluding hydrogens is 282 g/mol. The molecule has 1 radical (unpaired) electrons. The van der Waals surface area contributed by atoms with Crippen molar-refractivity contribution in [3.8, 4) is 5.75 Å². The molecule has 1 fully saturated rings. The first-order chi connectivity index (χ1) is 11.4. The molecule has 1 heterocycles. The molecule has 0 saturated carbocycles. The molecule has 23 heavy (non-hydrogen) atoms. The van der Waals surface area contributed by atoms with Crippen LogP contribution in [-0.2, 0) is 6.61 Å². The van der Waals surface area contributed by atoms with Crippen LogP contribution in [0.2, 0.25) is 0 Å². The molecule has 0 aliphatic carbocycles. The Hall–Kier alpha value is -1.96. The normalized spacial score (nSPS) is 18.0. The molecule has 2 aromatic carbocycles. The molecule has 2 heteroatoms. The van der Waals surface area contributed by atoms with E-state index in [4.69, 9.17) is 4.74 Å². The standard InChI is InChI=1S/C21H26NO/c1-2-9-19-12-6-7-15-22(19)20-13-8-14-21(16-20)23-17-18-10-4-3-5-11-18/h3-5,8,10-11,13-16,19H,2,6-7,9,12,17H2,1H3/t19-/m0/s1. The van der Waals surface area contributed by atoms with Gasteiger partial charge < -0.3 is 9.64 Å². The third-order valence-corrected chi connectivity index (χ3v) is 4.45. The zero-order valence-corrected chi connectivity index (χ0v) is 13.9. The van der Waals surface area contributed by atoms with E-state index in [2.05, 4.69) is 48.7 Å². The van der Waals surface area contributed by atoms with Gasteiger partial charge in [-0.05, 0) is 43.4 Å². The Bertz CT molecular complexity index is 594. The number of rotatable bonds is 6. The van der Waals surface area contributed by atoms with Crippen molar-refractivity contribution < 1.29 is 4.74 Å². The van der Waals surface area contributed by atoms with Crippen LogP contribution in [0.3, 0.4) is 0 Å². The maximum Gasteiger partial charge on any atom is 0.121 e. The molecule has 0 spiro atoms. The van der Waals surface area contributed by atoms with Crippen molar-refractivity contribution in [3.63, 3.8) is 0 Å². The van der Waals surface area contributed by atoms with Crippen molar-refractivity contribution in [1.82, 2.24) is 0 Å². The highest BCUT2D eigenvalue weighted by molar-refractivity contribution is 5.53. The summed E-state index contributed by atoms with van der Waals surface area (Å²) < 4.78 is 5.98. The van der Waals surface area contributed by atoms with Crippen molar-refractivity contribution in [3.05, 3.63) is 66.7 Å².